The van der Waals surface area contributed by atoms with E-state index in [1.54, 1.807) is 6.20 Å². The molecule has 3 rings (SSSR count). The van der Waals surface area contributed by atoms with Crippen LogP contribution in [0.2, 0.25) is 5.02 Å². The minimum absolute atomic E-state index is 0.748. The number of unbranched alkanes of at least 4 members (excludes halogenated alkanes) is 1. The van der Waals surface area contributed by atoms with Gasteiger partial charge < -0.3 is 0 Å². The summed E-state index contributed by atoms with van der Waals surface area (Å²) in [4.78, 5) is 4.65. The Hall–Kier alpha value is -2.13. The van der Waals surface area contributed by atoms with E-state index in [4.69, 9.17) is 11.6 Å². The molecule has 0 atom stereocenters. The third-order valence-corrected chi connectivity index (χ3v) is 3.79. The minimum Gasteiger partial charge on any atom is -0.234 e. The van der Waals surface area contributed by atoms with E-state index in [1.165, 1.54) is 6.42 Å². The van der Waals surface area contributed by atoms with Gasteiger partial charge >= 0.3 is 0 Å². The molecule has 0 radical (unpaired) electrons. The number of rotatable bonds is 5. The molecule has 2 heterocycles. The van der Waals surface area contributed by atoms with Gasteiger partial charge in [0.15, 0.2) is 5.65 Å². The van der Waals surface area contributed by atoms with Crippen LogP contribution < -0.4 is 0 Å². The normalized spacial score (nSPS) is 11.5. The van der Waals surface area contributed by atoms with Crippen molar-refractivity contribution in [2.75, 3.05) is 0 Å². The third-order valence-electron chi connectivity index (χ3n) is 3.54. The van der Waals surface area contributed by atoms with Crippen LogP contribution in [-0.2, 0) is 6.42 Å². The van der Waals surface area contributed by atoms with Crippen LogP contribution in [0.3, 0.4) is 0 Å². The van der Waals surface area contributed by atoms with Crippen LogP contribution in [0.15, 0.2) is 42.6 Å². The standard InChI is InChI=1S/C18H18ClN3/c1-2-3-4-16-13-17(22-18(21-16)11-12-20-22)10-7-14-5-8-15(19)9-6-14/h5-13H,2-4H2,1H3/b10-7+. The third kappa shape index (κ3) is 3.37. The summed E-state index contributed by atoms with van der Waals surface area (Å²) in [6.45, 7) is 2.19. The Labute approximate surface area is 135 Å². The van der Waals surface area contributed by atoms with Gasteiger partial charge in [-0.3, -0.25) is 0 Å². The molecule has 0 amide bonds. The van der Waals surface area contributed by atoms with Gasteiger partial charge in [0.2, 0.25) is 0 Å². The molecule has 3 aromatic rings. The highest BCUT2D eigenvalue weighted by Gasteiger charge is 2.04. The summed E-state index contributed by atoms with van der Waals surface area (Å²) >= 11 is 5.92. The Balaban J connectivity index is 1.94. The number of halogens is 1. The molecule has 0 aliphatic rings. The molecular weight excluding hydrogens is 294 g/mol. The highest BCUT2D eigenvalue weighted by molar-refractivity contribution is 6.30. The van der Waals surface area contributed by atoms with E-state index in [0.717, 1.165) is 40.5 Å². The fourth-order valence-corrected chi connectivity index (χ4v) is 2.48. The predicted octanol–water partition coefficient (Wildman–Crippen LogP) is 4.90. The van der Waals surface area contributed by atoms with Crippen molar-refractivity contribution < 1.29 is 0 Å². The lowest BCUT2D eigenvalue weighted by Gasteiger charge is -2.04. The maximum Gasteiger partial charge on any atom is 0.155 e. The highest BCUT2D eigenvalue weighted by Crippen LogP contribution is 2.15. The van der Waals surface area contributed by atoms with Crippen molar-refractivity contribution in [2.45, 2.75) is 26.2 Å². The van der Waals surface area contributed by atoms with E-state index in [0.29, 0.717) is 0 Å². The first-order chi connectivity index (χ1) is 10.8. The molecule has 0 fully saturated rings. The second kappa shape index (κ2) is 6.75. The van der Waals surface area contributed by atoms with Crippen molar-refractivity contribution in [3.05, 3.63) is 64.6 Å². The van der Waals surface area contributed by atoms with Gasteiger partial charge in [-0.25, -0.2) is 9.50 Å². The Morgan fingerprint density at radius 2 is 1.95 bits per heavy atom. The lowest BCUT2D eigenvalue weighted by molar-refractivity contribution is 0.771. The van der Waals surface area contributed by atoms with E-state index in [1.807, 2.05) is 34.8 Å². The Morgan fingerprint density at radius 1 is 1.14 bits per heavy atom. The fourth-order valence-electron chi connectivity index (χ4n) is 2.35. The molecule has 0 bridgehead atoms. The highest BCUT2D eigenvalue weighted by atomic mass is 35.5. The molecule has 0 aliphatic heterocycles. The van der Waals surface area contributed by atoms with Crippen LogP contribution in [0.25, 0.3) is 17.8 Å². The topological polar surface area (TPSA) is 30.2 Å². The maximum atomic E-state index is 5.92. The Morgan fingerprint density at radius 3 is 2.73 bits per heavy atom. The summed E-state index contributed by atoms with van der Waals surface area (Å²) in [5.74, 6) is 0. The van der Waals surface area contributed by atoms with Crippen LogP contribution in [0.1, 0.15) is 36.7 Å². The summed E-state index contributed by atoms with van der Waals surface area (Å²) in [6.07, 6.45) is 9.24. The van der Waals surface area contributed by atoms with E-state index >= 15 is 0 Å². The molecule has 22 heavy (non-hydrogen) atoms. The van der Waals surface area contributed by atoms with Gasteiger partial charge in [-0.1, -0.05) is 43.2 Å². The van der Waals surface area contributed by atoms with Gasteiger partial charge in [0.1, 0.15) is 0 Å². The van der Waals surface area contributed by atoms with Gasteiger partial charge in [0.05, 0.1) is 11.9 Å². The van der Waals surface area contributed by atoms with Crippen molar-refractivity contribution in [3.63, 3.8) is 0 Å². The number of fused-ring (bicyclic) bond motifs is 1. The van der Waals surface area contributed by atoms with Crippen LogP contribution in [-0.4, -0.2) is 14.6 Å². The van der Waals surface area contributed by atoms with Crippen molar-refractivity contribution in [2.24, 2.45) is 0 Å². The quantitative estimate of drug-likeness (QED) is 0.671. The SMILES string of the molecule is CCCCc1cc(/C=C/c2ccc(Cl)cc2)n2nccc2n1. The fraction of sp³-hybridized carbons (Fsp3) is 0.222. The molecule has 0 spiro atoms. The number of aryl methyl sites for hydroxylation is 1. The van der Waals surface area contributed by atoms with Gasteiger partial charge in [-0.2, -0.15) is 5.10 Å². The van der Waals surface area contributed by atoms with E-state index in [9.17, 15) is 0 Å². The van der Waals surface area contributed by atoms with Crippen molar-refractivity contribution in [1.82, 2.24) is 14.6 Å². The number of nitrogens with zero attached hydrogens (tertiary/aromatic N) is 3. The predicted molar refractivity (Wildman–Crippen MR) is 92.0 cm³/mol. The number of hydrogen-bond donors (Lipinski definition) is 0. The van der Waals surface area contributed by atoms with Crippen LogP contribution in [0.5, 0.6) is 0 Å². The van der Waals surface area contributed by atoms with Crippen molar-refractivity contribution in [3.8, 4) is 0 Å². The van der Waals surface area contributed by atoms with Crippen LogP contribution >= 0.6 is 11.6 Å². The molecular formula is C18H18ClN3. The summed E-state index contributed by atoms with van der Waals surface area (Å²) < 4.78 is 1.86. The largest absolute Gasteiger partial charge is 0.234 e. The molecule has 3 nitrogen and oxygen atoms in total. The summed E-state index contributed by atoms with van der Waals surface area (Å²) in [6, 6.07) is 11.8. The monoisotopic (exact) mass is 311 g/mol. The van der Waals surface area contributed by atoms with Gasteiger partial charge in [-0.05, 0) is 42.7 Å². The minimum atomic E-state index is 0.748. The lowest BCUT2D eigenvalue weighted by Crippen LogP contribution is -2.00. The zero-order valence-electron chi connectivity index (χ0n) is 12.5. The number of aromatic nitrogens is 3. The average molecular weight is 312 g/mol. The summed E-state index contributed by atoms with van der Waals surface area (Å²) in [5, 5.41) is 5.10. The zero-order chi connectivity index (χ0) is 15.4. The van der Waals surface area contributed by atoms with Crippen molar-refractivity contribution >= 4 is 29.4 Å². The molecule has 0 unspecified atom stereocenters. The second-order valence-electron chi connectivity index (χ2n) is 5.26. The first-order valence-corrected chi connectivity index (χ1v) is 7.91. The molecule has 4 heteroatoms. The van der Waals surface area contributed by atoms with Gasteiger partial charge in [0, 0.05) is 16.8 Å². The number of benzene rings is 1. The van der Waals surface area contributed by atoms with Gasteiger partial charge in [-0.15, -0.1) is 0 Å². The number of hydrogen-bond acceptors (Lipinski definition) is 2. The first-order valence-electron chi connectivity index (χ1n) is 7.53. The molecule has 2 aromatic heterocycles. The Bertz CT molecular complexity index is 788. The van der Waals surface area contributed by atoms with Crippen LogP contribution in [0.4, 0.5) is 0 Å². The summed E-state index contributed by atoms with van der Waals surface area (Å²) in [5.41, 5.74) is 4.16. The lowest BCUT2D eigenvalue weighted by atomic mass is 10.1. The Kier molecular flexibility index (Phi) is 4.54. The zero-order valence-corrected chi connectivity index (χ0v) is 13.3. The molecule has 0 saturated heterocycles. The second-order valence-corrected chi connectivity index (χ2v) is 5.70. The molecule has 1 aromatic carbocycles. The van der Waals surface area contributed by atoms with E-state index in [2.05, 4.69) is 35.2 Å². The molecule has 0 N–H and O–H groups in total. The molecule has 0 aliphatic carbocycles. The van der Waals surface area contributed by atoms with Crippen molar-refractivity contribution in [1.29, 1.82) is 0 Å². The average Bonchev–Trinajstić information content (AvgIpc) is 3.00. The smallest absolute Gasteiger partial charge is 0.155 e. The van der Waals surface area contributed by atoms with Gasteiger partial charge in [0.25, 0.3) is 0 Å². The van der Waals surface area contributed by atoms with E-state index < -0.39 is 0 Å². The maximum absolute atomic E-state index is 5.92. The van der Waals surface area contributed by atoms with Crippen LogP contribution in [0, 0.1) is 0 Å². The molecule has 0 saturated carbocycles. The first kappa shape index (κ1) is 14.8. The summed E-state index contributed by atoms with van der Waals surface area (Å²) in [7, 11) is 0. The van der Waals surface area contributed by atoms with E-state index in [-0.39, 0.29) is 0 Å². The molecule has 112 valence electrons.